The molecule has 0 bridgehead atoms. The van der Waals surface area contributed by atoms with Crippen LogP contribution >= 0.6 is 11.3 Å². The number of carbonyl (C=O) groups is 2. The Morgan fingerprint density at radius 2 is 2.08 bits per heavy atom. The van der Waals surface area contributed by atoms with E-state index in [0.717, 1.165) is 35.3 Å². The molecule has 1 N–H and O–H groups in total. The molecule has 4 atom stereocenters. The lowest BCUT2D eigenvalue weighted by molar-refractivity contribution is -0.140. The highest BCUT2D eigenvalue weighted by Crippen LogP contribution is 2.50. The van der Waals surface area contributed by atoms with Gasteiger partial charge in [0, 0.05) is 17.9 Å². The Hall–Kier alpha value is -2.74. The maximum Gasteiger partial charge on any atom is 0.234 e. The van der Waals surface area contributed by atoms with Crippen LogP contribution in [-0.2, 0) is 25.6 Å². The molecule has 2 amide bonds. The Morgan fingerprint density at radius 3 is 2.81 bits per heavy atom. The fourth-order valence-corrected chi connectivity index (χ4v) is 6.77. The van der Waals surface area contributed by atoms with E-state index in [-0.39, 0.29) is 41.4 Å². The molecule has 5 rings (SSSR count). The van der Waals surface area contributed by atoms with Crippen LogP contribution in [0.2, 0.25) is 0 Å². The van der Waals surface area contributed by atoms with Gasteiger partial charge in [-0.3, -0.25) is 14.5 Å². The smallest absolute Gasteiger partial charge is 0.234 e. The van der Waals surface area contributed by atoms with E-state index in [1.807, 2.05) is 29.6 Å². The number of imide groups is 1. The molecule has 2 aliphatic heterocycles. The van der Waals surface area contributed by atoms with Crippen molar-refractivity contribution in [2.24, 2.45) is 17.8 Å². The number of fused-ring (bicyclic) bond motifs is 3. The van der Waals surface area contributed by atoms with Crippen LogP contribution in [0.25, 0.3) is 6.08 Å². The van der Waals surface area contributed by atoms with Gasteiger partial charge in [-0.05, 0) is 66.0 Å². The van der Waals surface area contributed by atoms with Crippen molar-refractivity contribution in [3.8, 4) is 5.75 Å². The van der Waals surface area contributed by atoms with Gasteiger partial charge in [-0.25, -0.2) is 0 Å². The molecule has 0 unspecified atom stereocenters. The van der Waals surface area contributed by atoms with E-state index in [0.29, 0.717) is 26.2 Å². The highest BCUT2D eigenvalue weighted by Gasteiger charge is 2.56. The van der Waals surface area contributed by atoms with Gasteiger partial charge in [0.25, 0.3) is 0 Å². The lowest BCUT2D eigenvalue weighted by Gasteiger charge is -2.31. The second-order valence-electron chi connectivity index (χ2n) is 9.89. The van der Waals surface area contributed by atoms with Gasteiger partial charge in [0.15, 0.2) is 0 Å². The summed E-state index contributed by atoms with van der Waals surface area (Å²) in [5.74, 6) is -0.585. The Bertz CT molecular complexity index is 1180. The van der Waals surface area contributed by atoms with Gasteiger partial charge in [0.05, 0.1) is 37.7 Å². The Morgan fingerprint density at radius 1 is 1.22 bits per heavy atom. The highest BCUT2D eigenvalue weighted by molar-refractivity contribution is 7.09. The third kappa shape index (κ3) is 4.80. The molecule has 2 fully saturated rings. The molecule has 1 aromatic heterocycles. The van der Waals surface area contributed by atoms with Crippen LogP contribution in [0.1, 0.15) is 43.0 Å². The number of amides is 2. The number of ether oxygens (including phenoxy) is 2. The summed E-state index contributed by atoms with van der Waals surface area (Å²) in [6.45, 7) is 3.42. The number of rotatable bonds is 9. The summed E-state index contributed by atoms with van der Waals surface area (Å²) in [7, 11) is 1.68. The molecule has 0 saturated carbocycles. The monoisotopic (exact) mass is 507 g/mol. The zero-order valence-corrected chi connectivity index (χ0v) is 21.6. The first-order valence-corrected chi connectivity index (χ1v) is 13.6. The van der Waals surface area contributed by atoms with Gasteiger partial charge < -0.3 is 14.6 Å². The number of hydrogen-bond acceptors (Lipinski definition) is 6. The van der Waals surface area contributed by atoms with E-state index in [9.17, 15) is 14.7 Å². The number of phenols is 1. The molecule has 3 aliphatic rings. The number of benzene rings is 1. The molecule has 2 saturated heterocycles. The van der Waals surface area contributed by atoms with E-state index in [2.05, 4.69) is 13.0 Å². The highest BCUT2D eigenvalue weighted by atomic mass is 32.1. The Balaban J connectivity index is 1.35. The maximum absolute atomic E-state index is 13.5. The van der Waals surface area contributed by atoms with Crippen molar-refractivity contribution >= 4 is 29.2 Å². The van der Waals surface area contributed by atoms with Gasteiger partial charge >= 0.3 is 0 Å². The maximum atomic E-state index is 13.5. The molecule has 1 aliphatic carbocycles. The van der Waals surface area contributed by atoms with Crippen LogP contribution in [0.3, 0.4) is 0 Å². The van der Waals surface area contributed by atoms with Gasteiger partial charge in [-0.1, -0.05) is 36.8 Å². The summed E-state index contributed by atoms with van der Waals surface area (Å²) in [4.78, 5) is 29.3. The number of likely N-dealkylation sites (tertiary alicyclic amines) is 1. The van der Waals surface area contributed by atoms with Crippen molar-refractivity contribution in [3.63, 3.8) is 0 Å². The second kappa shape index (κ2) is 10.7. The number of nitrogens with zero attached hydrogens (tertiary/aromatic N) is 1. The van der Waals surface area contributed by atoms with Crippen molar-refractivity contribution in [1.29, 1.82) is 0 Å². The molecular formula is C29H33NO5S. The van der Waals surface area contributed by atoms with E-state index in [1.165, 1.54) is 16.0 Å². The van der Waals surface area contributed by atoms with Gasteiger partial charge in [0.1, 0.15) is 5.75 Å². The second-order valence-corrected chi connectivity index (χ2v) is 10.9. The zero-order valence-electron chi connectivity index (χ0n) is 20.8. The Labute approximate surface area is 216 Å². The molecule has 190 valence electrons. The van der Waals surface area contributed by atoms with Crippen molar-refractivity contribution in [2.75, 3.05) is 20.3 Å². The normalized spacial score (nSPS) is 26.1. The SMILES string of the molecule is CC/C(=C\c1cccc(O)c1)CC[C@H]1OC[C@H]2C1=C(COC)C[C@H]1C(=O)N(Cc3cccs3)C(=O)[C@H]12. The van der Waals surface area contributed by atoms with Gasteiger partial charge in [-0.2, -0.15) is 0 Å². The summed E-state index contributed by atoms with van der Waals surface area (Å²) in [5, 5.41) is 11.8. The molecule has 36 heavy (non-hydrogen) atoms. The molecule has 0 radical (unpaired) electrons. The first-order valence-electron chi connectivity index (χ1n) is 12.7. The van der Waals surface area contributed by atoms with Gasteiger partial charge in [0.2, 0.25) is 11.8 Å². The minimum absolute atomic E-state index is 0.0559. The summed E-state index contributed by atoms with van der Waals surface area (Å²) >= 11 is 1.57. The van der Waals surface area contributed by atoms with Crippen LogP contribution in [0.4, 0.5) is 0 Å². The standard InChI is InChI=1S/C29H33NO5S/c1-3-18(12-19-6-4-7-21(31)13-19)9-10-25-26-20(16-34-2)14-23-27(24(26)17-35-25)29(33)30(28(23)32)15-22-8-5-11-36-22/h4-8,11-13,23-25,27,31H,3,9-10,14-17H2,1-2H3/b18-12+/t23-,24+,25-,27-/m1/s1. The number of thiophene rings is 1. The lowest BCUT2D eigenvalue weighted by atomic mass is 9.69. The number of methoxy groups -OCH3 is 1. The molecular weight excluding hydrogens is 474 g/mol. The number of hydrogen-bond donors (Lipinski definition) is 1. The third-order valence-corrected chi connectivity index (χ3v) is 8.60. The minimum atomic E-state index is -0.341. The van der Waals surface area contributed by atoms with E-state index < -0.39 is 0 Å². The minimum Gasteiger partial charge on any atom is -0.508 e. The molecule has 1 aromatic carbocycles. The first-order chi connectivity index (χ1) is 17.5. The summed E-state index contributed by atoms with van der Waals surface area (Å²) < 4.78 is 11.9. The number of carbonyl (C=O) groups excluding carboxylic acids is 2. The fraction of sp³-hybridized carbons (Fsp3) is 0.448. The van der Waals surface area contributed by atoms with Crippen molar-refractivity contribution < 1.29 is 24.2 Å². The predicted octanol–water partition coefficient (Wildman–Crippen LogP) is 5.19. The van der Waals surface area contributed by atoms with E-state index >= 15 is 0 Å². The largest absolute Gasteiger partial charge is 0.508 e. The van der Waals surface area contributed by atoms with E-state index in [4.69, 9.17) is 9.47 Å². The predicted molar refractivity (Wildman–Crippen MR) is 139 cm³/mol. The third-order valence-electron chi connectivity index (χ3n) is 7.73. The van der Waals surface area contributed by atoms with Crippen molar-refractivity contribution in [1.82, 2.24) is 4.90 Å². The lowest BCUT2D eigenvalue weighted by Crippen LogP contribution is -2.35. The van der Waals surface area contributed by atoms with Gasteiger partial charge in [-0.15, -0.1) is 11.3 Å². The summed E-state index contributed by atoms with van der Waals surface area (Å²) in [6.07, 6.45) is 5.21. The van der Waals surface area contributed by atoms with Crippen LogP contribution < -0.4 is 0 Å². The summed E-state index contributed by atoms with van der Waals surface area (Å²) in [5.41, 5.74) is 4.58. The zero-order chi connectivity index (χ0) is 25.2. The van der Waals surface area contributed by atoms with Crippen LogP contribution in [0, 0.1) is 17.8 Å². The number of allylic oxidation sites excluding steroid dienone is 1. The van der Waals surface area contributed by atoms with Crippen molar-refractivity contribution in [3.05, 3.63) is 68.9 Å². The van der Waals surface area contributed by atoms with E-state index in [1.54, 1.807) is 30.6 Å². The average molecular weight is 508 g/mol. The van der Waals surface area contributed by atoms with Crippen LogP contribution in [0.15, 0.2) is 58.5 Å². The summed E-state index contributed by atoms with van der Waals surface area (Å²) in [6, 6.07) is 11.2. The molecule has 7 heteroatoms. The fourth-order valence-electron chi connectivity index (χ4n) is 6.08. The topological polar surface area (TPSA) is 76.1 Å². The molecule has 3 heterocycles. The van der Waals surface area contributed by atoms with Crippen molar-refractivity contribution in [2.45, 2.75) is 45.3 Å². The first kappa shape index (κ1) is 24.9. The van der Waals surface area contributed by atoms with Crippen LogP contribution in [-0.4, -0.2) is 48.2 Å². The van der Waals surface area contributed by atoms with Crippen LogP contribution in [0.5, 0.6) is 5.75 Å². The average Bonchev–Trinajstić information content (AvgIpc) is 3.59. The quantitative estimate of drug-likeness (QED) is 0.373. The molecule has 6 nitrogen and oxygen atoms in total. The molecule has 0 spiro atoms. The Kier molecular flexibility index (Phi) is 7.42. The number of phenolic OH excluding ortho intramolecular Hbond substituents is 1. The number of aromatic hydroxyl groups is 1. The molecule has 2 aromatic rings.